The number of hydrogen-bond acceptors (Lipinski definition) is 4. The molecule has 0 atom stereocenters. The number of hydrogen-bond donors (Lipinski definition) is 1. The zero-order chi connectivity index (χ0) is 12.0. The van der Waals surface area contributed by atoms with Gasteiger partial charge in [-0.05, 0) is 26.0 Å². The Bertz CT molecular complexity index is 412. The second kappa shape index (κ2) is 5.75. The zero-order valence-corrected chi connectivity index (χ0v) is 9.23. The van der Waals surface area contributed by atoms with Crippen LogP contribution in [-0.4, -0.2) is 22.4 Å². The third-order valence-corrected chi connectivity index (χ3v) is 1.80. The van der Waals surface area contributed by atoms with Crippen LogP contribution in [0.25, 0.3) is 0 Å². The highest BCUT2D eigenvalue weighted by molar-refractivity contribution is 6.01. The van der Waals surface area contributed by atoms with Gasteiger partial charge < -0.3 is 0 Å². The summed E-state index contributed by atoms with van der Waals surface area (Å²) in [5.41, 5.74) is 3.43. The normalized spacial score (nSPS) is 11.0. The first-order chi connectivity index (χ1) is 7.59. The monoisotopic (exact) mass is 219 g/mol. The molecule has 0 bridgehead atoms. The van der Waals surface area contributed by atoms with E-state index in [1.54, 1.807) is 19.1 Å². The van der Waals surface area contributed by atoms with Crippen LogP contribution in [0.2, 0.25) is 0 Å². The number of carbonyl (C=O) groups excluding carboxylic acids is 2. The van der Waals surface area contributed by atoms with E-state index >= 15 is 0 Å². The number of pyridine rings is 1. The summed E-state index contributed by atoms with van der Waals surface area (Å²) >= 11 is 0. The quantitative estimate of drug-likeness (QED) is 0.610. The SMILES string of the molecule is CC(=O)CC(C)=NNC(=O)c1ccncc1. The van der Waals surface area contributed by atoms with Gasteiger partial charge in [-0.3, -0.25) is 14.6 Å². The Labute approximate surface area is 93.6 Å². The Morgan fingerprint density at radius 2 is 1.94 bits per heavy atom. The van der Waals surface area contributed by atoms with E-state index in [2.05, 4.69) is 15.5 Å². The molecule has 0 aromatic carbocycles. The van der Waals surface area contributed by atoms with E-state index < -0.39 is 0 Å². The molecule has 0 aliphatic rings. The van der Waals surface area contributed by atoms with Crippen molar-refractivity contribution in [1.82, 2.24) is 10.4 Å². The zero-order valence-electron chi connectivity index (χ0n) is 9.23. The van der Waals surface area contributed by atoms with Crippen LogP contribution >= 0.6 is 0 Å². The van der Waals surface area contributed by atoms with Gasteiger partial charge in [0.2, 0.25) is 0 Å². The first kappa shape index (κ1) is 12.0. The lowest BCUT2D eigenvalue weighted by molar-refractivity contribution is -0.115. The van der Waals surface area contributed by atoms with Crippen molar-refractivity contribution >= 4 is 17.4 Å². The van der Waals surface area contributed by atoms with Crippen LogP contribution in [0.5, 0.6) is 0 Å². The second-order valence-corrected chi connectivity index (χ2v) is 3.40. The average molecular weight is 219 g/mol. The van der Waals surface area contributed by atoms with E-state index in [0.29, 0.717) is 11.3 Å². The molecular weight excluding hydrogens is 206 g/mol. The Hall–Kier alpha value is -2.04. The number of aromatic nitrogens is 1. The molecule has 0 saturated carbocycles. The van der Waals surface area contributed by atoms with Gasteiger partial charge in [-0.15, -0.1) is 0 Å². The topological polar surface area (TPSA) is 71.4 Å². The van der Waals surface area contributed by atoms with Crippen molar-refractivity contribution in [2.45, 2.75) is 20.3 Å². The summed E-state index contributed by atoms with van der Waals surface area (Å²) in [7, 11) is 0. The van der Waals surface area contributed by atoms with Crippen LogP contribution < -0.4 is 5.43 Å². The number of rotatable bonds is 4. The molecule has 1 amide bonds. The van der Waals surface area contributed by atoms with Gasteiger partial charge in [0.25, 0.3) is 5.91 Å². The predicted molar refractivity (Wildman–Crippen MR) is 60.1 cm³/mol. The minimum absolute atomic E-state index is 0.0133. The highest BCUT2D eigenvalue weighted by Crippen LogP contribution is 1.95. The van der Waals surface area contributed by atoms with Crippen molar-refractivity contribution in [1.29, 1.82) is 0 Å². The first-order valence-electron chi connectivity index (χ1n) is 4.82. The Balaban J connectivity index is 2.56. The molecule has 5 nitrogen and oxygen atoms in total. The van der Waals surface area contributed by atoms with Crippen LogP contribution in [0.15, 0.2) is 29.6 Å². The second-order valence-electron chi connectivity index (χ2n) is 3.40. The number of carbonyl (C=O) groups is 2. The molecule has 5 heteroatoms. The number of nitrogens with one attached hydrogen (secondary N) is 1. The molecule has 16 heavy (non-hydrogen) atoms. The summed E-state index contributed by atoms with van der Waals surface area (Å²) in [4.78, 5) is 26.1. The molecule has 0 aliphatic heterocycles. The molecule has 84 valence electrons. The number of amides is 1. The lowest BCUT2D eigenvalue weighted by Gasteiger charge is -2.00. The third-order valence-electron chi connectivity index (χ3n) is 1.80. The summed E-state index contributed by atoms with van der Waals surface area (Å²) in [6.07, 6.45) is 3.30. The molecule has 1 heterocycles. The van der Waals surface area contributed by atoms with Gasteiger partial charge in [0.15, 0.2) is 0 Å². The van der Waals surface area contributed by atoms with Crippen molar-refractivity contribution in [3.63, 3.8) is 0 Å². The van der Waals surface area contributed by atoms with Crippen molar-refractivity contribution < 1.29 is 9.59 Å². The maximum Gasteiger partial charge on any atom is 0.271 e. The number of nitrogens with zero attached hydrogens (tertiary/aromatic N) is 2. The average Bonchev–Trinajstić information content (AvgIpc) is 2.26. The predicted octanol–water partition coefficient (Wildman–Crippen LogP) is 1.17. The van der Waals surface area contributed by atoms with Gasteiger partial charge >= 0.3 is 0 Å². The van der Waals surface area contributed by atoms with Crippen LogP contribution in [0.3, 0.4) is 0 Å². The molecule has 1 N–H and O–H groups in total. The van der Waals surface area contributed by atoms with Crippen molar-refractivity contribution in [2.75, 3.05) is 0 Å². The van der Waals surface area contributed by atoms with E-state index in [1.165, 1.54) is 19.3 Å². The number of ketones is 1. The molecule has 0 aliphatic carbocycles. The fraction of sp³-hybridized carbons (Fsp3) is 0.273. The van der Waals surface area contributed by atoms with Crippen molar-refractivity contribution in [3.8, 4) is 0 Å². The summed E-state index contributed by atoms with van der Waals surface area (Å²) in [5.74, 6) is -0.301. The van der Waals surface area contributed by atoms with Gasteiger partial charge in [0.05, 0.1) is 0 Å². The van der Waals surface area contributed by atoms with E-state index in [0.717, 1.165) is 0 Å². The van der Waals surface area contributed by atoms with Crippen LogP contribution in [-0.2, 0) is 4.79 Å². The van der Waals surface area contributed by atoms with E-state index in [9.17, 15) is 9.59 Å². The van der Waals surface area contributed by atoms with E-state index in [1.807, 2.05) is 0 Å². The Kier molecular flexibility index (Phi) is 4.32. The Morgan fingerprint density at radius 1 is 1.31 bits per heavy atom. The molecule has 0 fully saturated rings. The maximum absolute atomic E-state index is 11.5. The largest absolute Gasteiger partial charge is 0.300 e. The highest BCUT2D eigenvalue weighted by Gasteiger charge is 2.03. The molecule has 1 rings (SSSR count). The lowest BCUT2D eigenvalue weighted by atomic mass is 10.2. The van der Waals surface area contributed by atoms with Gasteiger partial charge in [0.1, 0.15) is 5.78 Å². The highest BCUT2D eigenvalue weighted by atomic mass is 16.2. The van der Waals surface area contributed by atoms with E-state index in [4.69, 9.17) is 0 Å². The van der Waals surface area contributed by atoms with Crippen LogP contribution in [0.4, 0.5) is 0 Å². The maximum atomic E-state index is 11.5. The molecule has 0 spiro atoms. The van der Waals surface area contributed by atoms with Crippen molar-refractivity contribution in [3.05, 3.63) is 30.1 Å². The van der Waals surface area contributed by atoms with Crippen LogP contribution in [0, 0.1) is 0 Å². The third kappa shape index (κ3) is 4.00. The summed E-state index contributed by atoms with van der Waals surface area (Å²) in [6.45, 7) is 3.16. The molecular formula is C11H13N3O2. The summed E-state index contributed by atoms with van der Waals surface area (Å²) in [5, 5.41) is 3.82. The lowest BCUT2D eigenvalue weighted by Crippen LogP contribution is -2.19. The minimum atomic E-state index is -0.315. The standard InChI is InChI=1S/C11H13N3O2/c1-8(7-9(2)15)13-14-11(16)10-3-5-12-6-4-10/h3-6H,7H2,1-2H3,(H,14,16). The molecule has 0 unspecified atom stereocenters. The molecule has 0 saturated heterocycles. The van der Waals surface area contributed by atoms with Crippen LogP contribution in [0.1, 0.15) is 30.6 Å². The Morgan fingerprint density at radius 3 is 2.50 bits per heavy atom. The fourth-order valence-electron chi connectivity index (χ4n) is 1.11. The molecule has 0 radical (unpaired) electrons. The fourth-order valence-corrected chi connectivity index (χ4v) is 1.11. The van der Waals surface area contributed by atoms with Gasteiger partial charge in [0, 0.05) is 30.1 Å². The molecule has 1 aromatic rings. The summed E-state index contributed by atoms with van der Waals surface area (Å²) < 4.78 is 0. The van der Waals surface area contributed by atoms with E-state index in [-0.39, 0.29) is 18.1 Å². The van der Waals surface area contributed by atoms with Gasteiger partial charge in [-0.25, -0.2) is 5.43 Å². The molecule has 1 aromatic heterocycles. The first-order valence-corrected chi connectivity index (χ1v) is 4.82. The van der Waals surface area contributed by atoms with Crippen molar-refractivity contribution in [2.24, 2.45) is 5.10 Å². The van der Waals surface area contributed by atoms with Gasteiger partial charge in [-0.2, -0.15) is 5.10 Å². The number of hydrazone groups is 1. The van der Waals surface area contributed by atoms with Gasteiger partial charge in [-0.1, -0.05) is 0 Å². The summed E-state index contributed by atoms with van der Waals surface area (Å²) in [6, 6.07) is 3.18. The number of Topliss-reactive ketones (excluding diaryl/α,β-unsaturated/α-hetero) is 1. The smallest absolute Gasteiger partial charge is 0.271 e. The minimum Gasteiger partial charge on any atom is -0.300 e.